The van der Waals surface area contributed by atoms with Crippen molar-refractivity contribution < 1.29 is 58.0 Å². The molecule has 2 aliphatic rings. The van der Waals surface area contributed by atoms with Crippen LogP contribution in [0.15, 0.2) is 72.8 Å². The van der Waals surface area contributed by atoms with E-state index in [2.05, 4.69) is 20.1 Å². The predicted octanol–water partition coefficient (Wildman–Crippen LogP) is 3.88. The first kappa shape index (κ1) is 29.1. The van der Waals surface area contributed by atoms with Gasteiger partial charge in [0.2, 0.25) is 0 Å². The van der Waals surface area contributed by atoms with Gasteiger partial charge in [-0.3, -0.25) is 9.59 Å². The fourth-order valence-electron chi connectivity index (χ4n) is 4.93. The van der Waals surface area contributed by atoms with Gasteiger partial charge in [0, 0.05) is 22.5 Å². The number of benzene rings is 4. The third-order valence-electron chi connectivity index (χ3n) is 7.12. The number of amides is 2. The second-order valence-corrected chi connectivity index (χ2v) is 9.91. The number of carboxylic acid groups (broad SMARTS) is 2. The first-order valence-corrected chi connectivity index (χ1v) is 13.1. The number of carbonyl (C=O) groups is 8. The summed E-state index contributed by atoms with van der Waals surface area (Å²) in [5.41, 5.74) is -0.866. The van der Waals surface area contributed by atoms with Gasteiger partial charge in [0.05, 0.1) is 33.4 Å². The van der Waals surface area contributed by atoms with E-state index in [0.29, 0.717) is 0 Å². The zero-order valence-electron chi connectivity index (χ0n) is 22.9. The number of anilines is 2. The van der Waals surface area contributed by atoms with Gasteiger partial charge in [0.25, 0.3) is 11.8 Å². The van der Waals surface area contributed by atoms with Crippen LogP contribution in [0.1, 0.15) is 82.9 Å². The lowest BCUT2D eigenvalue weighted by Gasteiger charge is -2.14. The van der Waals surface area contributed by atoms with Gasteiger partial charge in [-0.25, -0.2) is 28.8 Å². The van der Waals surface area contributed by atoms with Gasteiger partial charge in [0.1, 0.15) is 0 Å². The van der Waals surface area contributed by atoms with Crippen LogP contribution in [0.25, 0.3) is 11.1 Å². The molecule has 226 valence electrons. The maximum Gasteiger partial charge on any atom is 0.346 e. The SMILES string of the molecule is O=C(Nc1ccc(-c2ccc(NC(=O)c3ccc4c(c3)C(=O)OC4=O)cc2C(=O)O)c(C(=O)O)c1)c1ccc2c(c1)C(=O)OC2=O. The van der Waals surface area contributed by atoms with Crippen molar-refractivity contribution in [2.24, 2.45) is 0 Å². The van der Waals surface area contributed by atoms with Gasteiger partial charge in [-0.15, -0.1) is 0 Å². The fraction of sp³-hybridized carbons (Fsp3) is 0. The van der Waals surface area contributed by atoms with E-state index in [1.165, 1.54) is 60.7 Å². The highest BCUT2D eigenvalue weighted by molar-refractivity contribution is 6.17. The van der Waals surface area contributed by atoms with E-state index in [4.69, 9.17) is 0 Å². The van der Waals surface area contributed by atoms with Gasteiger partial charge in [-0.05, 0) is 71.8 Å². The Hall–Kier alpha value is -6.96. The molecule has 46 heavy (non-hydrogen) atoms. The lowest BCUT2D eigenvalue weighted by Crippen LogP contribution is -2.14. The summed E-state index contributed by atoms with van der Waals surface area (Å²) in [6.07, 6.45) is 0. The van der Waals surface area contributed by atoms with E-state index in [1.54, 1.807) is 0 Å². The minimum atomic E-state index is -1.44. The molecule has 0 radical (unpaired) electrons. The minimum absolute atomic E-state index is 0.00592. The fourth-order valence-corrected chi connectivity index (χ4v) is 4.93. The highest BCUT2D eigenvalue weighted by Crippen LogP contribution is 2.32. The quantitative estimate of drug-likeness (QED) is 0.171. The summed E-state index contributed by atoms with van der Waals surface area (Å²) in [5.74, 6) is -7.81. The zero-order chi connectivity index (χ0) is 32.9. The molecule has 0 aromatic heterocycles. The molecule has 14 heteroatoms. The summed E-state index contributed by atoms with van der Waals surface area (Å²) < 4.78 is 9.03. The minimum Gasteiger partial charge on any atom is -0.478 e. The number of esters is 4. The third kappa shape index (κ3) is 5.11. The average Bonchev–Trinajstić information content (AvgIpc) is 3.48. The first-order valence-electron chi connectivity index (χ1n) is 13.1. The smallest absolute Gasteiger partial charge is 0.346 e. The lowest BCUT2D eigenvalue weighted by atomic mass is 9.94. The molecule has 4 N–H and O–H groups in total. The third-order valence-corrected chi connectivity index (χ3v) is 7.12. The highest BCUT2D eigenvalue weighted by atomic mass is 16.6. The van der Waals surface area contributed by atoms with Gasteiger partial charge in [0.15, 0.2) is 0 Å². The molecular weight excluding hydrogens is 604 g/mol. The average molecular weight is 620 g/mol. The van der Waals surface area contributed by atoms with Crippen LogP contribution in [-0.4, -0.2) is 57.8 Å². The van der Waals surface area contributed by atoms with Crippen molar-refractivity contribution in [3.8, 4) is 11.1 Å². The maximum absolute atomic E-state index is 12.9. The molecule has 0 unspecified atom stereocenters. The van der Waals surface area contributed by atoms with E-state index in [9.17, 15) is 48.6 Å². The Morgan fingerprint density at radius 2 is 0.804 bits per heavy atom. The van der Waals surface area contributed by atoms with E-state index in [1.807, 2.05) is 0 Å². The number of hydrogen-bond acceptors (Lipinski definition) is 10. The monoisotopic (exact) mass is 620 g/mol. The Morgan fingerprint density at radius 3 is 1.17 bits per heavy atom. The summed E-state index contributed by atoms with van der Waals surface area (Å²) in [4.78, 5) is 97.2. The molecule has 0 aliphatic carbocycles. The van der Waals surface area contributed by atoms with Gasteiger partial charge < -0.3 is 30.3 Å². The van der Waals surface area contributed by atoms with Crippen molar-refractivity contribution in [3.63, 3.8) is 0 Å². The Morgan fingerprint density at radius 1 is 0.457 bits per heavy atom. The molecule has 4 aromatic rings. The number of cyclic esters (lactones) is 4. The van der Waals surface area contributed by atoms with Gasteiger partial charge >= 0.3 is 35.8 Å². The van der Waals surface area contributed by atoms with Crippen molar-refractivity contribution in [1.82, 2.24) is 0 Å². The van der Waals surface area contributed by atoms with E-state index in [-0.39, 0.29) is 67.0 Å². The molecule has 0 atom stereocenters. The second kappa shape index (κ2) is 10.9. The van der Waals surface area contributed by atoms with Gasteiger partial charge in [-0.2, -0.15) is 0 Å². The van der Waals surface area contributed by atoms with E-state index in [0.717, 1.165) is 12.1 Å². The molecule has 2 heterocycles. The topological polar surface area (TPSA) is 220 Å². The number of carbonyl (C=O) groups excluding carboxylic acids is 6. The molecular formula is C32H16N2O12. The number of aromatic carboxylic acids is 2. The van der Waals surface area contributed by atoms with Gasteiger partial charge in [-0.1, -0.05) is 12.1 Å². The van der Waals surface area contributed by atoms with Crippen molar-refractivity contribution in [2.45, 2.75) is 0 Å². The van der Waals surface area contributed by atoms with Crippen LogP contribution in [0.5, 0.6) is 0 Å². The molecule has 0 bridgehead atoms. The maximum atomic E-state index is 12.9. The number of rotatable bonds is 7. The Balaban J connectivity index is 1.26. The number of fused-ring (bicyclic) bond motifs is 2. The predicted molar refractivity (Wildman–Crippen MR) is 154 cm³/mol. The van der Waals surface area contributed by atoms with E-state index >= 15 is 0 Å². The van der Waals surface area contributed by atoms with Crippen molar-refractivity contribution >= 4 is 59.0 Å². The van der Waals surface area contributed by atoms with Crippen molar-refractivity contribution in [2.75, 3.05) is 10.6 Å². The van der Waals surface area contributed by atoms with E-state index < -0.39 is 47.6 Å². The normalized spacial score (nSPS) is 13.0. The van der Waals surface area contributed by atoms with Crippen LogP contribution in [0.3, 0.4) is 0 Å². The molecule has 0 fully saturated rings. The lowest BCUT2D eigenvalue weighted by molar-refractivity contribution is 0.0425. The molecule has 6 rings (SSSR count). The summed E-state index contributed by atoms with van der Waals surface area (Å²) in [5, 5.41) is 24.9. The number of carboxylic acids is 2. The summed E-state index contributed by atoms with van der Waals surface area (Å²) in [6, 6.07) is 14.9. The van der Waals surface area contributed by atoms with Crippen molar-refractivity contribution in [3.05, 3.63) is 117 Å². The molecule has 2 amide bonds. The molecule has 2 aliphatic heterocycles. The van der Waals surface area contributed by atoms with Crippen molar-refractivity contribution in [1.29, 1.82) is 0 Å². The highest BCUT2D eigenvalue weighted by Gasteiger charge is 2.31. The zero-order valence-corrected chi connectivity index (χ0v) is 22.9. The second-order valence-electron chi connectivity index (χ2n) is 9.91. The van der Waals surface area contributed by atoms with Crippen LogP contribution < -0.4 is 10.6 Å². The van der Waals surface area contributed by atoms with Crippen LogP contribution in [-0.2, 0) is 9.47 Å². The van der Waals surface area contributed by atoms with Crippen LogP contribution in [0.4, 0.5) is 11.4 Å². The van der Waals surface area contributed by atoms with Crippen LogP contribution in [0, 0.1) is 0 Å². The summed E-state index contributed by atoms with van der Waals surface area (Å²) in [7, 11) is 0. The molecule has 0 spiro atoms. The standard InChI is InChI=1S/C32H16N2O12/c35-25(13-1-5-19-23(9-13)31(43)45-29(19)41)33-15-3-7-17(21(11-15)27(37)38)18-8-4-16(12-22(18)28(39)40)34-26(36)14-2-6-20-24(10-14)32(44)46-30(20)42/h1-12H,(H,33,35)(H,34,36)(H,37,38)(H,39,40). The molecule has 4 aromatic carbocycles. The number of nitrogens with one attached hydrogen (secondary N) is 2. The Bertz CT molecular complexity index is 1980. The summed E-state index contributed by atoms with van der Waals surface area (Å²) >= 11 is 0. The number of ether oxygens (including phenoxy) is 2. The van der Waals surface area contributed by atoms with Crippen LogP contribution in [0.2, 0.25) is 0 Å². The molecule has 14 nitrogen and oxygen atoms in total. The Kier molecular flexibility index (Phi) is 6.93. The van der Waals surface area contributed by atoms with Crippen LogP contribution >= 0.6 is 0 Å². The summed E-state index contributed by atoms with van der Waals surface area (Å²) in [6.45, 7) is 0. The Labute approximate surface area is 256 Å². The molecule has 0 saturated heterocycles. The molecule has 0 saturated carbocycles. The largest absolute Gasteiger partial charge is 0.478 e. The number of hydrogen-bond donors (Lipinski definition) is 4. The first-order chi connectivity index (χ1) is 21.9.